The average molecular weight is 364 g/mol. The Labute approximate surface area is 152 Å². The van der Waals surface area contributed by atoms with Crippen LogP contribution in [0.4, 0.5) is 0 Å². The van der Waals surface area contributed by atoms with Crippen molar-refractivity contribution in [1.29, 1.82) is 0 Å². The molecule has 0 saturated carbocycles. The van der Waals surface area contributed by atoms with Gasteiger partial charge in [0.05, 0.1) is 6.54 Å². The monoisotopic (exact) mass is 363 g/mol. The summed E-state index contributed by atoms with van der Waals surface area (Å²) in [6.07, 6.45) is 0.306. The van der Waals surface area contributed by atoms with Crippen LogP contribution in [0, 0.1) is 0 Å². The van der Waals surface area contributed by atoms with Crippen molar-refractivity contribution in [3.8, 4) is 5.75 Å². The van der Waals surface area contributed by atoms with Gasteiger partial charge in [-0.1, -0.05) is 42.5 Å². The van der Waals surface area contributed by atoms with Crippen LogP contribution in [0.1, 0.15) is 11.1 Å². The van der Waals surface area contributed by atoms with Crippen molar-refractivity contribution in [2.24, 2.45) is 11.5 Å². The molecule has 6 nitrogen and oxygen atoms in total. The highest BCUT2D eigenvalue weighted by Gasteiger charge is 2.17. The van der Waals surface area contributed by atoms with E-state index in [0.29, 0.717) is 13.0 Å². The van der Waals surface area contributed by atoms with Gasteiger partial charge in [-0.05, 0) is 23.3 Å². The van der Waals surface area contributed by atoms with E-state index in [1.54, 1.807) is 0 Å². The third-order valence-electron chi connectivity index (χ3n) is 3.48. The van der Waals surface area contributed by atoms with Crippen LogP contribution in [0.2, 0.25) is 0 Å². The molecule has 0 spiro atoms. The lowest BCUT2D eigenvalue weighted by Crippen LogP contribution is -2.47. The SMILES string of the molecule is Cl.NCC(=O)NC(Cc1ccc(OCc2ccccc2)cc1)C(N)=O. The number of rotatable bonds is 8. The van der Waals surface area contributed by atoms with Gasteiger partial charge in [-0.25, -0.2) is 0 Å². The van der Waals surface area contributed by atoms with E-state index in [1.807, 2.05) is 54.6 Å². The van der Waals surface area contributed by atoms with Gasteiger partial charge in [0.25, 0.3) is 0 Å². The van der Waals surface area contributed by atoms with E-state index in [4.69, 9.17) is 16.2 Å². The van der Waals surface area contributed by atoms with Gasteiger partial charge < -0.3 is 21.5 Å². The molecule has 0 bridgehead atoms. The molecule has 0 radical (unpaired) electrons. The Bertz CT molecular complexity index is 678. The second kappa shape index (κ2) is 10.3. The van der Waals surface area contributed by atoms with Crippen LogP contribution in [0.3, 0.4) is 0 Å². The summed E-state index contributed by atoms with van der Waals surface area (Å²) >= 11 is 0. The Kier molecular flexibility index (Phi) is 8.46. The van der Waals surface area contributed by atoms with Crippen molar-refractivity contribution in [1.82, 2.24) is 5.32 Å². The van der Waals surface area contributed by atoms with Crippen molar-refractivity contribution in [2.45, 2.75) is 19.1 Å². The number of nitrogens with one attached hydrogen (secondary N) is 1. The minimum atomic E-state index is -0.780. The van der Waals surface area contributed by atoms with Crippen molar-refractivity contribution in [3.05, 3.63) is 65.7 Å². The van der Waals surface area contributed by atoms with Crippen molar-refractivity contribution in [2.75, 3.05) is 6.54 Å². The van der Waals surface area contributed by atoms with Crippen molar-refractivity contribution < 1.29 is 14.3 Å². The minimum absolute atomic E-state index is 0. The van der Waals surface area contributed by atoms with E-state index < -0.39 is 17.9 Å². The number of halogens is 1. The van der Waals surface area contributed by atoms with Crippen LogP contribution in [-0.4, -0.2) is 24.4 Å². The molecule has 0 aromatic heterocycles. The summed E-state index contributed by atoms with van der Waals surface area (Å²) < 4.78 is 5.70. The molecule has 2 aromatic rings. The van der Waals surface area contributed by atoms with Gasteiger partial charge in [0.2, 0.25) is 11.8 Å². The molecule has 1 atom stereocenters. The van der Waals surface area contributed by atoms with E-state index in [9.17, 15) is 9.59 Å². The molecular weight excluding hydrogens is 342 g/mol. The number of ether oxygens (including phenoxy) is 1. The van der Waals surface area contributed by atoms with E-state index in [0.717, 1.165) is 16.9 Å². The van der Waals surface area contributed by atoms with Gasteiger partial charge in [-0.3, -0.25) is 9.59 Å². The molecule has 2 rings (SSSR count). The van der Waals surface area contributed by atoms with E-state index in [2.05, 4.69) is 5.32 Å². The summed E-state index contributed by atoms with van der Waals surface area (Å²) in [4.78, 5) is 22.8. The van der Waals surface area contributed by atoms with E-state index >= 15 is 0 Å². The zero-order chi connectivity index (χ0) is 17.4. The highest BCUT2D eigenvalue weighted by molar-refractivity contribution is 5.87. The lowest BCUT2D eigenvalue weighted by Gasteiger charge is -2.15. The fourth-order valence-electron chi connectivity index (χ4n) is 2.17. The minimum Gasteiger partial charge on any atom is -0.489 e. The first kappa shape index (κ1) is 20.5. The average Bonchev–Trinajstić information content (AvgIpc) is 2.61. The molecule has 0 aliphatic heterocycles. The van der Waals surface area contributed by atoms with Gasteiger partial charge in [0, 0.05) is 6.42 Å². The van der Waals surface area contributed by atoms with E-state index in [-0.39, 0.29) is 19.0 Å². The van der Waals surface area contributed by atoms with Crippen molar-refractivity contribution >= 4 is 24.2 Å². The quantitative estimate of drug-likeness (QED) is 0.654. The lowest BCUT2D eigenvalue weighted by molar-refractivity contribution is -0.126. The Morgan fingerprint density at radius 3 is 2.20 bits per heavy atom. The number of carbonyl (C=O) groups excluding carboxylic acids is 2. The predicted molar refractivity (Wildman–Crippen MR) is 98.3 cm³/mol. The first-order valence-corrected chi connectivity index (χ1v) is 7.63. The third-order valence-corrected chi connectivity index (χ3v) is 3.48. The fraction of sp³-hybridized carbons (Fsp3) is 0.222. The highest BCUT2D eigenvalue weighted by Crippen LogP contribution is 2.15. The molecule has 2 amide bonds. The lowest BCUT2D eigenvalue weighted by atomic mass is 10.1. The second-order valence-electron chi connectivity index (χ2n) is 5.35. The molecule has 0 heterocycles. The van der Waals surface area contributed by atoms with Crippen LogP contribution >= 0.6 is 12.4 Å². The van der Waals surface area contributed by atoms with Crippen LogP contribution in [0.15, 0.2) is 54.6 Å². The molecule has 134 valence electrons. The summed E-state index contributed by atoms with van der Waals surface area (Å²) in [5.74, 6) is -0.285. The normalized spacial score (nSPS) is 11.1. The summed E-state index contributed by atoms with van der Waals surface area (Å²) in [6, 6.07) is 16.4. The van der Waals surface area contributed by atoms with Gasteiger partial charge in [-0.15, -0.1) is 12.4 Å². The number of nitrogens with two attached hydrogens (primary N) is 2. The summed E-state index contributed by atoms with van der Waals surface area (Å²) in [5, 5.41) is 2.51. The summed E-state index contributed by atoms with van der Waals surface area (Å²) in [5.41, 5.74) is 12.5. The Morgan fingerprint density at radius 2 is 1.64 bits per heavy atom. The number of hydrogen-bond acceptors (Lipinski definition) is 4. The van der Waals surface area contributed by atoms with Crippen LogP contribution in [-0.2, 0) is 22.6 Å². The van der Waals surface area contributed by atoms with Crippen LogP contribution in [0.5, 0.6) is 5.75 Å². The maximum absolute atomic E-state index is 11.4. The Morgan fingerprint density at radius 1 is 1.00 bits per heavy atom. The Balaban J connectivity index is 0.00000312. The zero-order valence-corrected chi connectivity index (χ0v) is 14.5. The molecule has 0 fully saturated rings. The molecule has 1 unspecified atom stereocenters. The number of hydrogen-bond donors (Lipinski definition) is 3. The van der Waals surface area contributed by atoms with Gasteiger partial charge >= 0.3 is 0 Å². The first-order valence-electron chi connectivity index (χ1n) is 7.63. The fourth-order valence-corrected chi connectivity index (χ4v) is 2.17. The molecule has 25 heavy (non-hydrogen) atoms. The molecule has 2 aromatic carbocycles. The van der Waals surface area contributed by atoms with Gasteiger partial charge in [0.15, 0.2) is 0 Å². The highest BCUT2D eigenvalue weighted by atomic mass is 35.5. The topological polar surface area (TPSA) is 107 Å². The predicted octanol–water partition coefficient (Wildman–Crippen LogP) is 1.16. The Hall–Kier alpha value is -2.57. The largest absolute Gasteiger partial charge is 0.489 e. The molecule has 0 saturated heterocycles. The molecule has 0 aliphatic rings. The van der Waals surface area contributed by atoms with Crippen LogP contribution < -0.4 is 21.5 Å². The maximum atomic E-state index is 11.4. The zero-order valence-electron chi connectivity index (χ0n) is 13.7. The van der Waals surface area contributed by atoms with Crippen LogP contribution in [0.25, 0.3) is 0 Å². The molecular formula is C18H22ClN3O3. The van der Waals surface area contributed by atoms with E-state index in [1.165, 1.54) is 0 Å². The number of benzene rings is 2. The maximum Gasteiger partial charge on any atom is 0.240 e. The molecule has 5 N–H and O–H groups in total. The number of primary amides is 1. The third kappa shape index (κ3) is 6.82. The standard InChI is InChI=1S/C18H21N3O3.ClH/c19-11-17(22)21-16(18(20)23)10-13-6-8-15(9-7-13)24-12-14-4-2-1-3-5-14;/h1-9,16H,10-12,19H2,(H2,20,23)(H,21,22);1H. The first-order chi connectivity index (χ1) is 11.6. The second-order valence-corrected chi connectivity index (χ2v) is 5.35. The number of amides is 2. The van der Waals surface area contributed by atoms with Gasteiger partial charge in [0.1, 0.15) is 18.4 Å². The van der Waals surface area contributed by atoms with Crippen molar-refractivity contribution in [3.63, 3.8) is 0 Å². The summed E-state index contributed by atoms with van der Waals surface area (Å²) in [7, 11) is 0. The number of carbonyl (C=O) groups is 2. The summed E-state index contributed by atoms with van der Waals surface area (Å²) in [6.45, 7) is 0.298. The molecule has 0 aliphatic carbocycles. The smallest absolute Gasteiger partial charge is 0.240 e. The molecule has 7 heteroatoms. The van der Waals surface area contributed by atoms with Gasteiger partial charge in [-0.2, -0.15) is 0 Å².